The van der Waals surface area contributed by atoms with Gasteiger partial charge in [0, 0.05) is 57.3 Å². The monoisotopic (exact) mass is 1440 g/mol. The van der Waals surface area contributed by atoms with Crippen molar-refractivity contribution in [1.29, 1.82) is 0 Å². The maximum atomic E-state index is 12.2. The predicted octanol–water partition coefficient (Wildman–Crippen LogP) is 5.73. The second-order valence-corrected chi connectivity index (χ2v) is 29.8. The van der Waals surface area contributed by atoms with E-state index in [1.54, 1.807) is 17.2 Å². The van der Waals surface area contributed by atoms with Crippen LogP contribution < -0.4 is 27.8 Å². The first kappa shape index (κ1) is 76.6. The molecule has 0 aliphatic carbocycles. The number of imidazole rings is 3. The fraction of sp³-hybridized carbons (Fsp3) is 0.586. The number of nitrogens with zero attached hydrogens (tertiary/aromatic N) is 15. The molecule has 12 atom stereocenters. The Labute approximate surface area is 603 Å². The van der Waals surface area contributed by atoms with Crippen LogP contribution in [-0.2, 0) is 53.5 Å². The average Bonchev–Trinajstić information content (AvgIpc) is 1.59. The van der Waals surface area contributed by atoms with Gasteiger partial charge in [-0.3, -0.25) is 24.3 Å². The van der Waals surface area contributed by atoms with Crippen molar-refractivity contribution in [2.45, 2.75) is 185 Å². The Morgan fingerprint density at radius 3 is 1.19 bits per heavy atom. The van der Waals surface area contributed by atoms with Crippen LogP contribution >= 0.6 is 0 Å². The summed E-state index contributed by atoms with van der Waals surface area (Å²) in [6.07, 6.45) is 3.69. The lowest BCUT2D eigenvalue weighted by molar-refractivity contribution is -0.197. The largest absolute Gasteiger partial charge is 0.449 e. The second-order valence-electron chi connectivity index (χ2n) is 29.8. The third kappa shape index (κ3) is 18.1. The van der Waals surface area contributed by atoms with Crippen molar-refractivity contribution in [2.24, 2.45) is 0 Å². The molecule has 5 aliphatic rings. The molecular formula is C70H100N20O14. The molecule has 0 spiro atoms. The van der Waals surface area contributed by atoms with E-state index in [-0.39, 0.29) is 66.5 Å². The SMILES string of the molecule is CN(CCCO)C[C@H]1O[C@@H](n2cnc3c(N)ncnc32)[C@@H]2OC(C)(C)O[C@@H]21.CN(CCCOC(=O)Nc1ccc(C(C)(C)C)cc1)C[C@H]1O[C@@H](n2cnc3c(N)ncnc32)[C@@H]2OC(C)(C)O[C@@H]21.CN(CCCOC(=O)Nc1ccc(C(C)(C)C)cc1)C[C@H]1O[C@@H](n2cnc3c(N)ncnc32)[C@H](O)[C@@H]1O. The molecule has 2 aromatic carbocycles. The van der Waals surface area contributed by atoms with Crippen LogP contribution in [0, 0.1) is 0 Å². The smallest absolute Gasteiger partial charge is 0.411 e. The second kappa shape index (κ2) is 32.1. The lowest BCUT2D eigenvalue weighted by atomic mass is 9.87. The normalized spacial score (nSPS) is 24.8. The number of aromatic nitrogens is 12. The van der Waals surface area contributed by atoms with E-state index < -0.39 is 60.8 Å². The van der Waals surface area contributed by atoms with E-state index in [4.69, 9.17) is 64.9 Å². The summed E-state index contributed by atoms with van der Waals surface area (Å²) in [4.78, 5) is 68.3. The van der Waals surface area contributed by atoms with Crippen molar-refractivity contribution in [3.05, 3.63) is 97.6 Å². The Balaban J connectivity index is 0.000000159. The topological polar surface area (TPSA) is 421 Å². The van der Waals surface area contributed by atoms with E-state index in [0.29, 0.717) is 115 Å². The Morgan fingerprint density at radius 2 is 0.827 bits per heavy atom. The fourth-order valence-electron chi connectivity index (χ4n) is 13.3. The van der Waals surface area contributed by atoms with E-state index in [0.717, 1.165) is 6.54 Å². The zero-order valence-corrected chi connectivity index (χ0v) is 61.3. The first-order valence-electron chi connectivity index (χ1n) is 34.9. The highest BCUT2D eigenvalue weighted by Crippen LogP contribution is 2.46. The summed E-state index contributed by atoms with van der Waals surface area (Å²) in [6.45, 7) is 24.9. The molecule has 13 rings (SSSR count). The lowest BCUT2D eigenvalue weighted by Crippen LogP contribution is -2.39. The van der Waals surface area contributed by atoms with Crippen LogP contribution in [0.5, 0.6) is 0 Å². The standard InChI is InChI=1S/C28H39N7O5.C25H35N7O5.C17H26N6O4/c1-27(2,3)17-8-10-18(11-9-17)33-26(36)37-13-7-12-34(6)14-19-21-22(40-28(4,5)39-21)25(38-19)35-16-32-20-23(29)30-15-31-24(20)35;1-25(2,3)15-6-8-16(9-7-15)30-24(35)36-11-5-10-31(4)12-17-19(33)20(34)23(37-17)32-14-29-18-21(26)27-13-28-22(18)32;1-17(2)26-12-10(7-22(3)5-4-6-24)25-16(13(12)27-17)23-9-21-11-14(18)19-8-20-15(11)23/h8-11,15-16,19,21-22,25H,7,12-14H2,1-6H3,(H,33,36)(H2,29,30,31);6-9,13-14,17,19-20,23,33-34H,5,10-12H2,1-4H3,(H,30,35)(H2,26,27,28);8-10,12-13,16,24H,4-7H2,1-3H3,(H2,18,19,20)/t19-,21-,22-,25-;17-,19-,20-,23-;10-,12-,13-,16-/m111/s1. The number of aliphatic hydroxyl groups excluding tert-OH is 3. The summed E-state index contributed by atoms with van der Waals surface area (Å²) in [7, 11) is 5.88. The summed E-state index contributed by atoms with van der Waals surface area (Å²) >= 11 is 0. The summed E-state index contributed by atoms with van der Waals surface area (Å²) in [5.41, 5.74) is 24.7. The minimum Gasteiger partial charge on any atom is -0.449 e. The number of aliphatic hydroxyl groups is 3. The lowest BCUT2D eigenvalue weighted by Gasteiger charge is -2.27. The van der Waals surface area contributed by atoms with E-state index in [2.05, 4.69) is 107 Å². The number of carbonyl (C=O) groups is 2. The van der Waals surface area contributed by atoms with Gasteiger partial charge in [0.15, 0.2) is 64.7 Å². The first-order chi connectivity index (χ1) is 49.3. The Bertz CT molecular complexity index is 4190. The molecule has 34 heteroatoms. The number of rotatable bonds is 22. The van der Waals surface area contributed by atoms with Crippen molar-refractivity contribution in [1.82, 2.24) is 73.3 Å². The molecule has 104 heavy (non-hydrogen) atoms. The highest BCUT2D eigenvalue weighted by Gasteiger charge is 2.58. The molecule has 0 unspecified atom stereocenters. The van der Waals surface area contributed by atoms with Crippen LogP contribution in [0.4, 0.5) is 38.4 Å². The molecule has 0 bridgehead atoms. The minimum absolute atomic E-state index is 0.0426. The molecule has 5 fully saturated rings. The molecule has 34 nitrogen and oxygen atoms in total. The number of anilines is 5. The van der Waals surface area contributed by atoms with Crippen LogP contribution in [-0.4, -0.2) is 248 Å². The van der Waals surface area contributed by atoms with Gasteiger partial charge < -0.3 is 89.9 Å². The van der Waals surface area contributed by atoms with Crippen LogP contribution in [0.15, 0.2) is 86.5 Å². The number of fused-ring (bicyclic) bond motifs is 5. The van der Waals surface area contributed by atoms with E-state index >= 15 is 0 Å². The van der Waals surface area contributed by atoms with Crippen molar-refractivity contribution in [2.75, 3.05) is 108 Å². The van der Waals surface area contributed by atoms with Crippen LogP contribution in [0.2, 0.25) is 0 Å². The van der Waals surface area contributed by atoms with Crippen molar-refractivity contribution >= 4 is 74.5 Å². The third-order valence-corrected chi connectivity index (χ3v) is 18.6. The van der Waals surface area contributed by atoms with Crippen molar-refractivity contribution < 1.29 is 67.5 Å². The molecule has 11 heterocycles. The van der Waals surface area contributed by atoms with Crippen LogP contribution in [0.25, 0.3) is 33.5 Å². The molecule has 5 aliphatic heterocycles. The van der Waals surface area contributed by atoms with Gasteiger partial charge in [0.25, 0.3) is 0 Å². The van der Waals surface area contributed by atoms with Gasteiger partial charge in [-0.1, -0.05) is 65.8 Å². The highest BCUT2D eigenvalue weighted by atomic mass is 16.8. The van der Waals surface area contributed by atoms with Gasteiger partial charge in [-0.05, 0) is 114 Å². The maximum Gasteiger partial charge on any atom is 0.411 e. The summed E-state index contributed by atoms with van der Waals surface area (Å²) < 4.78 is 59.4. The molecule has 6 aromatic heterocycles. The number of benzene rings is 2. The number of nitrogens with one attached hydrogen (secondary N) is 2. The number of hydrogen-bond donors (Lipinski definition) is 8. The minimum atomic E-state index is -1.17. The molecule has 564 valence electrons. The number of carbonyl (C=O) groups excluding carboxylic acids is 2. The highest BCUT2D eigenvalue weighted by molar-refractivity contribution is 5.86. The van der Waals surface area contributed by atoms with Gasteiger partial charge in [-0.25, -0.2) is 54.4 Å². The van der Waals surface area contributed by atoms with Gasteiger partial charge >= 0.3 is 12.2 Å². The van der Waals surface area contributed by atoms with Crippen molar-refractivity contribution in [3.8, 4) is 0 Å². The zero-order valence-electron chi connectivity index (χ0n) is 61.3. The number of nitrogen functional groups attached to an aromatic ring is 3. The molecule has 0 radical (unpaired) electrons. The number of hydrogen-bond acceptors (Lipinski definition) is 29. The average molecular weight is 1450 g/mol. The Kier molecular flexibility index (Phi) is 23.6. The number of likely N-dealkylation sites (N-methyl/N-ethyl adjacent to an activating group) is 3. The summed E-state index contributed by atoms with van der Waals surface area (Å²) in [6, 6.07) is 15.5. The Hall–Kier alpha value is -8.49. The molecule has 2 amide bonds. The summed E-state index contributed by atoms with van der Waals surface area (Å²) in [5.74, 6) is -0.566. The van der Waals surface area contributed by atoms with E-state index in [9.17, 15) is 19.8 Å². The van der Waals surface area contributed by atoms with Gasteiger partial charge in [0.1, 0.15) is 90.5 Å². The van der Waals surface area contributed by atoms with Crippen LogP contribution in [0.1, 0.15) is 118 Å². The molecule has 11 N–H and O–H groups in total. The number of amides is 2. The van der Waals surface area contributed by atoms with Gasteiger partial charge in [0.05, 0.1) is 32.2 Å². The number of nitrogens with two attached hydrogens (primary N) is 3. The quantitative estimate of drug-likeness (QED) is 0.0375. The predicted molar refractivity (Wildman–Crippen MR) is 384 cm³/mol. The summed E-state index contributed by atoms with van der Waals surface area (Å²) in [5, 5.41) is 35.8. The molecule has 8 aromatic rings. The fourth-order valence-corrected chi connectivity index (χ4v) is 13.3. The van der Waals surface area contributed by atoms with Gasteiger partial charge in [0.2, 0.25) is 0 Å². The molecule has 0 saturated carbocycles. The first-order valence-corrected chi connectivity index (χ1v) is 34.9. The van der Waals surface area contributed by atoms with E-state index in [1.807, 2.05) is 111 Å². The van der Waals surface area contributed by atoms with Crippen LogP contribution in [0.3, 0.4) is 0 Å². The number of ether oxygens (including phenoxy) is 9. The van der Waals surface area contributed by atoms with Gasteiger partial charge in [-0.2, -0.15) is 0 Å². The maximum absolute atomic E-state index is 12.2. The molecule has 5 saturated heterocycles. The third-order valence-electron chi connectivity index (χ3n) is 18.6. The van der Waals surface area contributed by atoms with E-state index in [1.165, 1.54) is 36.4 Å². The Morgan fingerprint density at radius 1 is 0.490 bits per heavy atom. The van der Waals surface area contributed by atoms with Gasteiger partial charge in [-0.15, -0.1) is 0 Å². The molecular weight excluding hydrogens is 1340 g/mol. The van der Waals surface area contributed by atoms with Crippen molar-refractivity contribution in [3.63, 3.8) is 0 Å². The zero-order chi connectivity index (χ0) is 74.6.